The zero-order chi connectivity index (χ0) is 17.6. The van der Waals surface area contributed by atoms with E-state index >= 15 is 0 Å². The van der Waals surface area contributed by atoms with Crippen LogP contribution >= 0.6 is 0 Å². The summed E-state index contributed by atoms with van der Waals surface area (Å²) in [6.45, 7) is 2.98. The first-order chi connectivity index (χ1) is 12.1. The second kappa shape index (κ2) is 7.83. The molecule has 130 valence electrons. The summed E-state index contributed by atoms with van der Waals surface area (Å²) in [5.41, 5.74) is 3.12. The second-order valence-electron chi connectivity index (χ2n) is 6.07. The Balaban J connectivity index is 1.43. The van der Waals surface area contributed by atoms with Crippen LogP contribution in [-0.4, -0.2) is 22.1 Å². The number of hydrogen-bond acceptors (Lipinski definition) is 3. The summed E-state index contributed by atoms with van der Waals surface area (Å²) >= 11 is 0. The Hall–Kier alpha value is -2.82. The molecular formula is C20H23N3O2. The molecule has 3 rings (SSSR count). The van der Waals surface area contributed by atoms with E-state index in [0.29, 0.717) is 26.0 Å². The van der Waals surface area contributed by atoms with Crippen molar-refractivity contribution in [1.29, 1.82) is 0 Å². The smallest absolute Gasteiger partial charge is 0.220 e. The Kier molecular flexibility index (Phi) is 5.33. The summed E-state index contributed by atoms with van der Waals surface area (Å²) in [6, 6.07) is 15.8. The van der Waals surface area contributed by atoms with Crippen LogP contribution < -0.4 is 10.1 Å². The van der Waals surface area contributed by atoms with Gasteiger partial charge in [-0.15, -0.1) is 0 Å². The predicted octanol–water partition coefficient (Wildman–Crippen LogP) is 3.36. The van der Waals surface area contributed by atoms with Gasteiger partial charge in [0.15, 0.2) is 0 Å². The van der Waals surface area contributed by atoms with Crippen molar-refractivity contribution in [3.63, 3.8) is 0 Å². The van der Waals surface area contributed by atoms with Crippen molar-refractivity contribution in [1.82, 2.24) is 14.9 Å². The summed E-state index contributed by atoms with van der Waals surface area (Å²) < 4.78 is 7.72. The predicted molar refractivity (Wildman–Crippen MR) is 98.5 cm³/mol. The van der Waals surface area contributed by atoms with Crippen LogP contribution in [0.3, 0.4) is 0 Å². The monoisotopic (exact) mass is 337 g/mol. The SMILES string of the molecule is Cc1ccccc1OCCCC(=O)NCc1nc2ccccc2n1C. The number of ether oxygens (including phenoxy) is 1. The molecule has 3 aromatic rings. The third-order valence-electron chi connectivity index (χ3n) is 4.22. The normalized spacial score (nSPS) is 10.8. The zero-order valence-electron chi connectivity index (χ0n) is 14.7. The van der Waals surface area contributed by atoms with Crippen LogP contribution in [0.1, 0.15) is 24.2 Å². The third-order valence-corrected chi connectivity index (χ3v) is 4.22. The highest BCUT2D eigenvalue weighted by Crippen LogP contribution is 2.16. The molecule has 0 aliphatic rings. The van der Waals surface area contributed by atoms with E-state index < -0.39 is 0 Å². The maximum absolute atomic E-state index is 12.0. The number of fused-ring (bicyclic) bond motifs is 1. The molecule has 5 heteroatoms. The Labute approximate surface area is 147 Å². The number of nitrogens with one attached hydrogen (secondary N) is 1. The van der Waals surface area contributed by atoms with Crippen molar-refractivity contribution in [3.8, 4) is 5.75 Å². The van der Waals surface area contributed by atoms with Crippen LogP contribution in [0.2, 0.25) is 0 Å². The molecule has 1 amide bonds. The van der Waals surface area contributed by atoms with Crippen LogP contribution in [0.5, 0.6) is 5.75 Å². The first-order valence-electron chi connectivity index (χ1n) is 8.50. The highest BCUT2D eigenvalue weighted by atomic mass is 16.5. The first-order valence-corrected chi connectivity index (χ1v) is 8.50. The summed E-state index contributed by atoms with van der Waals surface area (Å²) in [7, 11) is 1.97. The van der Waals surface area contributed by atoms with Gasteiger partial charge < -0.3 is 14.6 Å². The van der Waals surface area contributed by atoms with Crippen LogP contribution in [0.15, 0.2) is 48.5 Å². The van der Waals surface area contributed by atoms with E-state index in [9.17, 15) is 4.79 Å². The Morgan fingerprint density at radius 3 is 2.72 bits per heavy atom. The lowest BCUT2D eigenvalue weighted by molar-refractivity contribution is -0.121. The maximum Gasteiger partial charge on any atom is 0.220 e. The van der Waals surface area contributed by atoms with Gasteiger partial charge in [-0.25, -0.2) is 4.98 Å². The molecule has 0 unspecified atom stereocenters. The maximum atomic E-state index is 12.0. The second-order valence-corrected chi connectivity index (χ2v) is 6.07. The standard InChI is InChI=1S/C20H23N3O2/c1-15-8-3-6-11-18(15)25-13-7-12-20(24)21-14-19-22-16-9-4-5-10-17(16)23(19)2/h3-6,8-11H,7,12-14H2,1-2H3,(H,21,24). The van der Waals surface area contributed by atoms with Gasteiger partial charge in [0, 0.05) is 13.5 Å². The molecule has 1 heterocycles. The van der Waals surface area contributed by atoms with Crippen molar-refractivity contribution >= 4 is 16.9 Å². The number of nitrogens with zero attached hydrogens (tertiary/aromatic N) is 2. The molecule has 0 radical (unpaired) electrons. The van der Waals surface area contributed by atoms with E-state index in [1.807, 2.05) is 67.1 Å². The minimum Gasteiger partial charge on any atom is -0.493 e. The van der Waals surface area contributed by atoms with Gasteiger partial charge in [-0.1, -0.05) is 30.3 Å². The fraction of sp³-hybridized carbons (Fsp3) is 0.300. The van der Waals surface area contributed by atoms with E-state index in [4.69, 9.17) is 4.74 Å². The molecule has 0 fully saturated rings. The summed E-state index contributed by atoms with van der Waals surface area (Å²) in [5.74, 6) is 1.74. The van der Waals surface area contributed by atoms with E-state index in [0.717, 1.165) is 28.2 Å². The van der Waals surface area contributed by atoms with Crippen molar-refractivity contribution in [2.75, 3.05) is 6.61 Å². The summed E-state index contributed by atoms with van der Waals surface area (Å²) in [5, 5.41) is 2.93. The van der Waals surface area contributed by atoms with Gasteiger partial charge in [0.2, 0.25) is 5.91 Å². The lowest BCUT2D eigenvalue weighted by Crippen LogP contribution is -2.24. The van der Waals surface area contributed by atoms with E-state index in [-0.39, 0.29) is 5.91 Å². The average Bonchev–Trinajstić information content (AvgIpc) is 2.95. The van der Waals surface area contributed by atoms with Gasteiger partial charge in [-0.05, 0) is 37.1 Å². The van der Waals surface area contributed by atoms with Gasteiger partial charge in [0.1, 0.15) is 11.6 Å². The molecule has 5 nitrogen and oxygen atoms in total. The van der Waals surface area contributed by atoms with Gasteiger partial charge in [0.25, 0.3) is 0 Å². The molecule has 0 spiro atoms. The molecule has 0 saturated carbocycles. The largest absolute Gasteiger partial charge is 0.493 e. The molecule has 2 aromatic carbocycles. The van der Waals surface area contributed by atoms with Crippen LogP contribution in [0, 0.1) is 6.92 Å². The van der Waals surface area contributed by atoms with E-state index in [1.165, 1.54) is 0 Å². The molecule has 0 aliphatic carbocycles. The van der Waals surface area contributed by atoms with E-state index in [1.54, 1.807) is 0 Å². The zero-order valence-corrected chi connectivity index (χ0v) is 14.7. The Morgan fingerprint density at radius 1 is 1.16 bits per heavy atom. The van der Waals surface area contributed by atoms with Crippen molar-refractivity contribution < 1.29 is 9.53 Å². The van der Waals surface area contributed by atoms with Gasteiger partial charge >= 0.3 is 0 Å². The number of amides is 1. The number of benzene rings is 2. The number of imidazole rings is 1. The number of aromatic nitrogens is 2. The third kappa shape index (κ3) is 4.18. The molecular weight excluding hydrogens is 314 g/mol. The molecule has 0 saturated heterocycles. The Morgan fingerprint density at radius 2 is 1.92 bits per heavy atom. The minimum absolute atomic E-state index is 0.0143. The highest BCUT2D eigenvalue weighted by Gasteiger charge is 2.08. The molecule has 0 bridgehead atoms. The van der Waals surface area contributed by atoms with Crippen molar-refractivity contribution in [3.05, 3.63) is 59.9 Å². The van der Waals surface area contributed by atoms with E-state index in [2.05, 4.69) is 10.3 Å². The molecule has 1 aromatic heterocycles. The van der Waals surface area contributed by atoms with Crippen LogP contribution in [0.25, 0.3) is 11.0 Å². The lowest BCUT2D eigenvalue weighted by Gasteiger charge is -2.09. The quantitative estimate of drug-likeness (QED) is 0.673. The fourth-order valence-corrected chi connectivity index (χ4v) is 2.75. The van der Waals surface area contributed by atoms with Gasteiger partial charge in [-0.2, -0.15) is 0 Å². The molecule has 0 atom stereocenters. The van der Waals surface area contributed by atoms with Crippen LogP contribution in [0.4, 0.5) is 0 Å². The number of rotatable bonds is 7. The van der Waals surface area contributed by atoms with Crippen LogP contribution in [-0.2, 0) is 18.4 Å². The first kappa shape index (κ1) is 17.0. The topological polar surface area (TPSA) is 56.1 Å². The average molecular weight is 337 g/mol. The number of carbonyl (C=O) groups is 1. The molecule has 25 heavy (non-hydrogen) atoms. The number of hydrogen-bond donors (Lipinski definition) is 1. The summed E-state index contributed by atoms with van der Waals surface area (Å²) in [4.78, 5) is 16.6. The fourth-order valence-electron chi connectivity index (χ4n) is 2.75. The van der Waals surface area contributed by atoms with Crippen molar-refractivity contribution in [2.45, 2.75) is 26.3 Å². The highest BCUT2D eigenvalue weighted by molar-refractivity contribution is 5.77. The summed E-state index contributed by atoms with van der Waals surface area (Å²) in [6.07, 6.45) is 1.12. The van der Waals surface area contributed by atoms with Gasteiger partial charge in [0.05, 0.1) is 24.2 Å². The lowest BCUT2D eigenvalue weighted by atomic mass is 10.2. The number of aryl methyl sites for hydroxylation is 2. The minimum atomic E-state index is 0.0143. The number of carbonyl (C=O) groups excluding carboxylic acids is 1. The number of para-hydroxylation sites is 3. The van der Waals surface area contributed by atoms with Gasteiger partial charge in [-0.3, -0.25) is 4.79 Å². The Bertz CT molecular complexity index is 870. The molecule has 1 N–H and O–H groups in total. The molecule has 0 aliphatic heterocycles. The van der Waals surface area contributed by atoms with Crippen molar-refractivity contribution in [2.24, 2.45) is 7.05 Å².